The first-order valence-electron chi connectivity index (χ1n) is 6.60. The molecule has 6 heteroatoms. The summed E-state index contributed by atoms with van der Waals surface area (Å²) < 4.78 is 24.8. The molecule has 22 heavy (non-hydrogen) atoms. The molecule has 2 heterocycles. The molecule has 0 aliphatic rings. The molecule has 0 saturated heterocycles. The number of fused-ring (bicyclic) bond motifs is 1. The summed E-state index contributed by atoms with van der Waals surface area (Å²) in [4.78, 5) is 16.1. The molecular formula is C16H13FN2O3. The van der Waals surface area contributed by atoms with E-state index >= 15 is 0 Å². The van der Waals surface area contributed by atoms with Crippen molar-refractivity contribution in [2.45, 2.75) is 6.61 Å². The topological polar surface area (TPSA) is 52.8 Å². The van der Waals surface area contributed by atoms with Gasteiger partial charge in [-0.15, -0.1) is 0 Å². The molecular weight excluding hydrogens is 287 g/mol. The number of imidazole rings is 1. The maximum Gasteiger partial charge on any atom is 0.341 e. The number of pyridine rings is 1. The Morgan fingerprint density at radius 3 is 2.77 bits per heavy atom. The lowest BCUT2D eigenvalue weighted by Crippen LogP contribution is -2.03. The van der Waals surface area contributed by atoms with Crippen LogP contribution in [0.5, 0.6) is 5.75 Å². The van der Waals surface area contributed by atoms with Crippen molar-refractivity contribution in [2.24, 2.45) is 0 Å². The van der Waals surface area contributed by atoms with E-state index in [1.165, 1.54) is 19.2 Å². The van der Waals surface area contributed by atoms with E-state index in [-0.39, 0.29) is 12.4 Å². The van der Waals surface area contributed by atoms with E-state index in [2.05, 4.69) is 4.98 Å². The van der Waals surface area contributed by atoms with Gasteiger partial charge in [-0.2, -0.15) is 0 Å². The van der Waals surface area contributed by atoms with Gasteiger partial charge in [0.15, 0.2) is 5.65 Å². The van der Waals surface area contributed by atoms with E-state index in [4.69, 9.17) is 9.47 Å². The quantitative estimate of drug-likeness (QED) is 0.695. The van der Waals surface area contributed by atoms with Gasteiger partial charge in [-0.25, -0.2) is 14.2 Å². The third-order valence-electron chi connectivity index (χ3n) is 3.14. The lowest BCUT2D eigenvalue weighted by Gasteiger charge is -2.03. The highest BCUT2D eigenvalue weighted by Crippen LogP contribution is 2.16. The van der Waals surface area contributed by atoms with Gasteiger partial charge < -0.3 is 13.9 Å². The van der Waals surface area contributed by atoms with Crippen molar-refractivity contribution in [1.82, 2.24) is 9.38 Å². The average molecular weight is 300 g/mol. The number of rotatable bonds is 4. The first-order chi connectivity index (χ1) is 10.7. The van der Waals surface area contributed by atoms with Crippen LogP contribution >= 0.6 is 0 Å². The van der Waals surface area contributed by atoms with E-state index in [1.807, 2.05) is 0 Å². The highest BCUT2D eigenvalue weighted by atomic mass is 19.1. The summed E-state index contributed by atoms with van der Waals surface area (Å²) in [6.07, 6.45) is 3.56. The molecule has 3 rings (SSSR count). The van der Waals surface area contributed by atoms with E-state index in [1.54, 1.807) is 41.1 Å². The van der Waals surface area contributed by atoms with Gasteiger partial charge in [-0.1, -0.05) is 0 Å². The fourth-order valence-corrected chi connectivity index (χ4v) is 2.09. The van der Waals surface area contributed by atoms with Gasteiger partial charge in [-0.05, 0) is 36.4 Å². The Morgan fingerprint density at radius 1 is 1.27 bits per heavy atom. The largest absolute Gasteiger partial charge is 0.487 e. The molecule has 3 aromatic rings. The maximum atomic E-state index is 12.8. The number of benzene rings is 1. The number of ether oxygens (including phenoxy) is 2. The van der Waals surface area contributed by atoms with Gasteiger partial charge in [-0.3, -0.25) is 0 Å². The molecule has 0 aliphatic carbocycles. The van der Waals surface area contributed by atoms with Crippen LogP contribution in [0.2, 0.25) is 0 Å². The van der Waals surface area contributed by atoms with Crippen LogP contribution in [0, 0.1) is 5.82 Å². The summed E-state index contributed by atoms with van der Waals surface area (Å²) in [7, 11) is 1.33. The molecule has 0 saturated carbocycles. The maximum absolute atomic E-state index is 12.8. The monoisotopic (exact) mass is 300 g/mol. The second-order valence-corrected chi connectivity index (χ2v) is 4.62. The Hall–Kier alpha value is -2.89. The number of esters is 1. The Labute approximate surface area is 125 Å². The molecule has 0 spiro atoms. The minimum atomic E-state index is -0.442. The Balaban J connectivity index is 1.83. The zero-order chi connectivity index (χ0) is 15.5. The van der Waals surface area contributed by atoms with E-state index in [0.29, 0.717) is 22.7 Å². The highest BCUT2D eigenvalue weighted by molar-refractivity contribution is 5.95. The molecule has 2 aromatic heterocycles. The van der Waals surface area contributed by atoms with Gasteiger partial charge in [0.25, 0.3) is 0 Å². The molecule has 1 aromatic carbocycles. The van der Waals surface area contributed by atoms with Gasteiger partial charge in [0, 0.05) is 12.4 Å². The molecule has 0 bridgehead atoms. The van der Waals surface area contributed by atoms with Crippen LogP contribution in [0.15, 0.2) is 48.8 Å². The summed E-state index contributed by atoms with van der Waals surface area (Å²) in [5.74, 6) is -0.211. The van der Waals surface area contributed by atoms with E-state index in [0.717, 1.165) is 0 Å². The predicted octanol–water partition coefficient (Wildman–Crippen LogP) is 2.84. The van der Waals surface area contributed by atoms with Crippen LogP contribution in [-0.2, 0) is 11.3 Å². The van der Waals surface area contributed by atoms with Crippen LogP contribution in [0.1, 0.15) is 16.1 Å². The number of carbonyl (C=O) groups is 1. The first kappa shape index (κ1) is 14.1. The summed E-state index contributed by atoms with van der Waals surface area (Å²) in [6.45, 7) is 0.216. The van der Waals surface area contributed by atoms with Crippen LogP contribution in [0.25, 0.3) is 5.65 Å². The fourth-order valence-electron chi connectivity index (χ4n) is 2.09. The number of methoxy groups -OCH3 is 1. The number of hydrogen-bond donors (Lipinski definition) is 0. The third-order valence-corrected chi connectivity index (χ3v) is 3.14. The third kappa shape index (κ3) is 2.76. The molecule has 112 valence electrons. The van der Waals surface area contributed by atoms with Crippen LogP contribution in [0.4, 0.5) is 4.39 Å². The molecule has 0 fully saturated rings. The Bertz CT molecular complexity index is 812. The van der Waals surface area contributed by atoms with Crippen LogP contribution in [0.3, 0.4) is 0 Å². The van der Waals surface area contributed by atoms with E-state index in [9.17, 15) is 9.18 Å². The molecule has 0 N–H and O–H groups in total. The molecule has 0 radical (unpaired) electrons. The Morgan fingerprint density at radius 2 is 2.05 bits per heavy atom. The van der Waals surface area contributed by atoms with Crippen molar-refractivity contribution in [3.63, 3.8) is 0 Å². The number of aromatic nitrogens is 2. The van der Waals surface area contributed by atoms with Crippen molar-refractivity contribution < 1.29 is 18.7 Å². The van der Waals surface area contributed by atoms with Crippen molar-refractivity contribution >= 4 is 11.6 Å². The van der Waals surface area contributed by atoms with Gasteiger partial charge in [0.05, 0.1) is 12.8 Å². The van der Waals surface area contributed by atoms with Crippen molar-refractivity contribution in [2.75, 3.05) is 7.11 Å². The number of hydrogen-bond acceptors (Lipinski definition) is 4. The standard InChI is InChI=1S/C16H13FN2O3/c1-21-16(20)14-3-2-8-19-9-12(18-15(14)19)10-22-13-6-4-11(17)5-7-13/h2-9H,10H2,1H3. The summed E-state index contributed by atoms with van der Waals surface area (Å²) >= 11 is 0. The van der Waals surface area contributed by atoms with Crippen LogP contribution in [-0.4, -0.2) is 22.5 Å². The van der Waals surface area contributed by atoms with Gasteiger partial charge in [0.1, 0.15) is 23.7 Å². The SMILES string of the molecule is COC(=O)c1cccn2cc(COc3ccc(F)cc3)nc12. The molecule has 5 nitrogen and oxygen atoms in total. The van der Waals surface area contributed by atoms with Crippen molar-refractivity contribution in [1.29, 1.82) is 0 Å². The first-order valence-corrected chi connectivity index (χ1v) is 6.60. The molecule has 0 unspecified atom stereocenters. The summed E-state index contributed by atoms with van der Waals surface area (Å²) in [6, 6.07) is 9.14. The second kappa shape index (κ2) is 5.85. The zero-order valence-corrected chi connectivity index (χ0v) is 11.8. The van der Waals surface area contributed by atoms with Crippen molar-refractivity contribution in [3.8, 4) is 5.75 Å². The Kier molecular flexibility index (Phi) is 3.74. The minimum Gasteiger partial charge on any atom is -0.487 e. The lowest BCUT2D eigenvalue weighted by atomic mass is 10.3. The second-order valence-electron chi connectivity index (χ2n) is 4.62. The number of halogens is 1. The fraction of sp³-hybridized carbons (Fsp3) is 0.125. The molecule has 0 atom stereocenters. The molecule has 0 aliphatic heterocycles. The minimum absolute atomic E-state index is 0.216. The van der Waals surface area contributed by atoms with E-state index < -0.39 is 5.97 Å². The number of nitrogens with zero attached hydrogens (tertiary/aromatic N) is 2. The van der Waals surface area contributed by atoms with Gasteiger partial charge >= 0.3 is 5.97 Å². The highest BCUT2D eigenvalue weighted by Gasteiger charge is 2.13. The smallest absolute Gasteiger partial charge is 0.341 e. The van der Waals surface area contributed by atoms with Crippen molar-refractivity contribution in [3.05, 3.63) is 65.9 Å². The average Bonchev–Trinajstić information content (AvgIpc) is 2.96. The molecule has 0 amide bonds. The predicted molar refractivity (Wildman–Crippen MR) is 77.3 cm³/mol. The van der Waals surface area contributed by atoms with Crippen LogP contribution < -0.4 is 4.74 Å². The summed E-state index contributed by atoms with van der Waals surface area (Å²) in [5, 5.41) is 0. The van der Waals surface area contributed by atoms with Gasteiger partial charge in [0.2, 0.25) is 0 Å². The summed E-state index contributed by atoms with van der Waals surface area (Å²) in [5.41, 5.74) is 1.55. The number of carbonyl (C=O) groups excluding carboxylic acids is 1. The lowest BCUT2D eigenvalue weighted by molar-refractivity contribution is 0.0602. The normalized spacial score (nSPS) is 10.6. The zero-order valence-electron chi connectivity index (χ0n) is 11.8.